The molecule has 3 fully saturated rings. The molecule has 0 saturated carbocycles. The largest absolute Gasteiger partial charge is 0.396 e. The maximum atomic E-state index is 13.9. The van der Waals surface area contributed by atoms with Gasteiger partial charge in [-0.25, -0.2) is 0 Å². The molecule has 4 aliphatic rings. The lowest BCUT2D eigenvalue weighted by molar-refractivity contribution is -0.140. The van der Waals surface area contributed by atoms with Crippen LogP contribution in [0.3, 0.4) is 0 Å². The number of nitrogens with one attached hydrogen (secondary N) is 2. The third kappa shape index (κ3) is 6.51. The molecule has 3 unspecified atom stereocenters. The summed E-state index contributed by atoms with van der Waals surface area (Å²) >= 11 is 1.29. The van der Waals surface area contributed by atoms with Crippen LogP contribution in [0.25, 0.3) is 0 Å². The fourth-order valence-corrected chi connectivity index (χ4v) is 7.39. The lowest BCUT2D eigenvalue weighted by Crippen LogP contribution is -2.64. The molecule has 1 spiro atoms. The van der Waals surface area contributed by atoms with Gasteiger partial charge < -0.3 is 30.1 Å². The van der Waals surface area contributed by atoms with Crippen molar-refractivity contribution < 1.29 is 29.0 Å². The molecule has 0 bridgehead atoms. The molecule has 1 aliphatic carbocycles. The van der Waals surface area contributed by atoms with E-state index in [0.29, 0.717) is 37.5 Å². The van der Waals surface area contributed by atoms with E-state index in [9.17, 15) is 19.5 Å². The number of likely N-dealkylation sites (N-methyl/N-ethyl adjacent to an activating group) is 1. The zero-order valence-electron chi connectivity index (χ0n) is 24.0. The van der Waals surface area contributed by atoms with E-state index in [1.54, 1.807) is 23.5 Å². The van der Waals surface area contributed by atoms with Gasteiger partial charge in [-0.15, -0.1) is 11.3 Å². The number of aliphatic hydroxyl groups is 1. The summed E-state index contributed by atoms with van der Waals surface area (Å²) in [6, 6.07) is -0.909. The van der Waals surface area contributed by atoms with E-state index in [2.05, 4.69) is 32.7 Å². The topological polar surface area (TPSA) is 133 Å². The van der Waals surface area contributed by atoms with Crippen LogP contribution in [0.1, 0.15) is 48.7 Å². The number of amides is 3. The van der Waals surface area contributed by atoms with Crippen molar-refractivity contribution >= 4 is 29.1 Å². The van der Waals surface area contributed by atoms with E-state index in [1.165, 1.54) is 18.4 Å². The van der Waals surface area contributed by atoms with Crippen molar-refractivity contribution in [2.24, 2.45) is 16.7 Å². The van der Waals surface area contributed by atoms with Gasteiger partial charge in [-0.1, -0.05) is 12.2 Å². The van der Waals surface area contributed by atoms with Gasteiger partial charge in [-0.2, -0.15) is 0 Å². The highest BCUT2D eigenvalue weighted by Gasteiger charge is 2.58. The molecule has 5 rings (SSSR count). The number of hydrogen-bond acceptors (Lipinski definition) is 9. The first kappa shape index (κ1) is 30.1. The molecule has 4 heterocycles. The van der Waals surface area contributed by atoms with Crippen LogP contribution >= 0.6 is 11.3 Å². The maximum absolute atomic E-state index is 13.9. The minimum absolute atomic E-state index is 0.00231. The van der Waals surface area contributed by atoms with E-state index in [1.807, 2.05) is 0 Å². The van der Waals surface area contributed by atoms with Gasteiger partial charge in [0.15, 0.2) is 0 Å². The first-order valence-corrected chi connectivity index (χ1v) is 15.6. The Kier molecular flexibility index (Phi) is 9.44. The second-order valence-electron chi connectivity index (χ2n) is 12.3. The number of aromatic nitrogens is 1. The zero-order chi connectivity index (χ0) is 29.0. The number of allylic oxidation sites excluding steroid dienone is 2. The number of rotatable bonds is 11. The predicted octanol–water partition coefficient (Wildman–Crippen LogP) is 1.05. The van der Waals surface area contributed by atoms with Crippen molar-refractivity contribution in [3.63, 3.8) is 0 Å². The highest BCUT2D eigenvalue weighted by Crippen LogP contribution is 2.45. The second-order valence-corrected chi connectivity index (χ2v) is 13.1. The van der Waals surface area contributed by atoms with Gasteiger partial charge >= 0.3 is 0 Å². The van der Waals surface area contributed by atoms with E-state index < -0.39 is 23.5 Å². The molecule has 3 N–H and O–H groups in total. The molecule has 3 amide bonds. The average Bonchev–Trinajstić information content (AvgIpc) is 3.76. The number of likely N-dealkylation sites (tertiary alicyclic amines) is 2. The van der Waals surface area contributed by atoms with Gasteiger partial charge in [0.1, 0.15) is 10.9 Å². The molecule has 0 radical (unpaired) electrons. The Balaban J connectivity index is 1.28. The van der Waals surface area contributed by atoms with E-state index >= 15 is 0 Å². The Morgan fingerprint density at radius 1 is 1.29 bits per heavy atom. The molecule has 5 atom stereocenters. The number of thiazole rings is 1. The molecule has 1 aromatic rings. The standard InChI is InChI=1S/C29H43N5O6S/c1-20(40-18-28(17-35)8-4-3-5-9-28)24(26(37)30-2)32-25(36)22-13-34(27(38)23-11-31-19-41-23)16-29(22)14-33(15-29)12-21-7-6-10-39-21/h3-4,11,19-22,24,35H,5-10,12-18H2,1-2H3,(H,30,37)(H,32,36)/t20-,21?,22+,24?,28?/m1/s1. The molecule has 226 valence electrons. The summed E-state index contributed by atoms with van der Waals surface area (Å²) in [6.45, 7) is 5.84. The molecule has 12 heteroatoms. The molecule has 3 aliphatic heterocycles. The monoisotopic (exact) mass is 589 g/mol. The predicted molar refractivity (Wildman–Crippen MR) is 153 cm³/mol. The lowest BCUT2D eigenvalue weighted by atomic mass is 9.71. The summed E-state index contributed by atoms with van der Waals surface area (Å²) < 4.78 is 12.0. The van der Waals surface area contributed by atoms with Crippen LogP contribution in [0.5, 0.6) is 0 Å². The van der Waals surface area contributed by atoms with Gasteiger partial charge in [-0.3, -0.25) is 24.3 Å². The lowest BCUT2D eigenvalue weighted by Gasteiger charge is -2.51. The molecular formula is C29H43N5O6S. The highest BCUT2D eigenvalue weighted by molar-refractivity contribution is 7.11. The van der Waals surface area contributed by atoms with Gasteiger partial charge in [0.2, 0.25) is 11.8 Å². The van der Waals surface area contributed by atoms with Crippen molar-refractivity contribution in [3.05, 3.63) is 28.7 Å². The second kappa shape index (κ2) is 12.9. The van der Waals surface area contributed by atoms with Gasteiger partial charge in [0.05, 0.1) is 43.0 Å². The molecule has 11 nitrogen and oxygen atoms in total. The van der Waals surface area contributed by atoms with Crippen molar-refractivity contribution in [2.45, 2.75) is 57.3 Å². The molecule has 1 aromatic heterocycles. The first-order chi connectivity index (χ1) is 19.8. The molecule has 0 aromatic carbocycles. The Hall–Kier alpha value is -2.38. The Morgan fingerprint density at radius 3 is 2.76 bits per heavy atom. The highest BCUT2D eigenvalue weighted by atomic mass is 32.1. The van der Waals surface area contributed by atoms with Gasteiger partial charge in [0.25, 0.3) is 5.91 Å². The Morgan fingerprint density at radius 2 is 2.12 bits per heavy atom. The van der Waals surface area contributed by atoms with Crippen molar-refractivity contribution in [3.8, 4) is 0 Å². The van der Waals surface area contributed by atoms with Crippen LogP contribution in [-0.4, -0.2) is 115 Å². The fraction of sp³-hybridized carbons (Fsp3) is 0.724. The van der Waals surface area contributed by atoms with Crippen LogP contribution in [0.2, 0.25) is 0 Å². The Bertz CT molecular complexity index is 1100. The van der Waals surface area contributed by atoms with E-state index in [-0.39, 0.29) is 42.4 Å². The summed E-state index contributed by atoms with van der Waals surface area (Å²) in [7, 11) is 1.54. The number of carbonyl (C=O) groups is 3. The Labute approximate surface area is 245 Å². The van der Waals surface area contributed by atoms with E-state index in [0.717, 1.165) is 38.8 Å². The van der Waals surface area contributed by atoms with Gasteiger partial charge in [0, 0.05) is 57.2 Å². The summed E-state index contributed by atoms with van der Waals surface area (Å²) in [5.41, 5.74) is 0.858. The SMILES string of the molecule is CNC(=O)C(NC(=O)[C@@H]1CN(C(=O)c2cncs2)CC12CN(CC1CCCO1)C2)[C@@H](C)OCC1(CO)CC=CCC1. The van der Waals surface area contributed by atoms with Gasteiger partial charge in [-0.05, 0) is 39.0 Å². The number of nitrogens with zero attached hydrogens (tertiary/aromatic N) is 3. The van der Waals surface area contributed by atoms with E-state index in [4.69, 9.17) is 9.47 Å². The van der Waals surface area contributed by atoms with Crippen molar-refractivity contribution in [1.29, 1.82) is 0 Å². The normalized spacial score (nSPS) is 28.8. The third-order valence-corrected chi connectivity index (χ3v) is 10.1. The average molecular weight is 590 g/mol. The molecular weight excluding hydrogens is 546 g/mol. The van der Waals surface area contributed by atoms with Crippen LogP contribution in [0, 0.1) is 16.7 Å². The maximum Gasteiger partial charge on any atom is 0.265 e. The van der Waals surface area contributed by atoms with Crippen LogP contribution in [0.4, 0.5) is 0 Å². The number of aliphatic hydroxyl groups excluding tert-OH is 1. The number of carbonyl (C=O) groups excluding carboxylic acids is 3. The summed E-state index contributed by atoms with van der Waals surface area (Å²) in [6.07, 6.45) is 9.85. The quantitative estimate of drug-likeness (QED) is 0.327. The summed E-state index contributed by atoms with van der Waals surface area (Å²) in [4.78, 5) is 48.8. The first-order valence-electron chi connectivity index (χ1n) is 14.7. The van der Waals surface area contributed by atoms with Crippen molar-refractivity contribution in [2.75, 3.05) is 59.6 Å². The van der Waals surface area contributed by atoms with Crippen LogP contribution in [-0.2, 0) is 19.1 Å². The third-order valence-electron chi connectivity index (χ3n) is 9.30. The minimum atomic E-state index is -0.909. The fourth-order valence-electron chi connectivity index (χ4n) is 6.80. The summed E-state index contributed by atoms with van der Waals surface area (Å²) in [5.74, 6) is -1.17. The zero-order valence-corrected chi connectivity index (χ0v) is 24.9. The van der Waals surface area contributed by atoms with Crippen LogP contribution < -0.4 is 10.6 Å². The smallest absolute Gasteiger partial charge is 0.265 e. The molecule has 41 heavy (non-hydrogen) atoms. The number of hydrogen-bond donors (Lipinski definition) is 3. The van der Waals surface area contributed by atoms with Crippen LogP contribution in [0.15, 0.2) is 23.9 Å². The van der Waals surface area contributed by atoms with Crippen molar-refractivity contribution in [1.82, 2.24) is 25.4 Å². The minimum Gasteiger partial charge on any atom is -0.396 e. The summed E-state index contributed by atoms with van der Waals surface area (Å²) in [5, 5.41) is 15.7. The molecule has 3 saturated heterocycles. The number of ether oxygens (including phenoxy) is 2.